The van der Waals surface area contributed by atoms with Gasteiger partial charge in [-0.15, -0.1) is 0 Å². The fourth-order valence-electron chi connectivity index (χ4n) is 3.38. The van der Waals surface area contributed by atoms with Gasteiger partial charge in [-0.3, -0.25) is 4.79 Å². The molecule has 3 rings (SSSR count). The van der Waals surface area contributed by atoms with Gasteiger partial charge in [0, 0.05) is 38.3 Å². The van der Waals surface area contributed by atoms with Crippen LogP contribution in [0.3, 0.4) is 0 Å². The van der Waals surface area contributed by atoms with Crippen LogP contribution in [0.15, 0.2) is 54.6 Å². The molecule has 1 heterocycles. The third kappa shape index (κ3) is 5.09. The Hall–Kier alpha value is -2.82. The Kier molecular flexibility index (Phi) is 6.47. The van der Waals surface area contributed by atoms with Crippen molar-refractivity contribution in [1.82, 2.24) is 15.1 Å². The van der Waals surface area contributed by atoms with Gasteiger partial charge < -0.3 is 15.1 Å². The second kappa shape index (κ2) is 9.21. The van der Waals surface area contributed by atoms with E-state index in [2.05, 4.69) is 17.4 Å². The first-order valence-corrected chi connectivity index (χ1v) is 9.57. The summed E-state index contributed by atoms with van der Waals surface area (Å²) in [6, 6.07) is 17.7. The number of hydrogen-bond donors (Lipinski definition) is 1. The first-order valence-electron chi connectivity index (χ1n) is 9.57. The number of hydrogen-bond acceptors (Lipinski definition) is 2. The lowest BCUT2D eigenvalue weighted by Gasteiger charge is -2.23. The Labute approximate surface area is 161 Å². The van der Waals surface area contributed by atoms with Crippen LogP contribution in [0.4, 0.5) is 4.79 Å². The monoisotopic (exact) mass is 365 g/mol. The second-order valence-corrected chi connectivity index (χ2v) is 6.92. The molecule has 0 saturated carbocycles. The smallest absolute Gasteiger partial charge is 0.317 e. The molecule has 0 spiro atoms. The summed E-state index contributed by atoms with van der Waals surface area (Å²) in [5.74, 6) is 0.0550. The molecule has 5 nitrogen and oxygen atoms in total. The van der Waals surface area contributed by atoms with Crippen molar-refractivity contribution in [3.63, 3.8) is 0 Å². The number of nitrogens with zero attached hydrogens (tertiary/aromatic N) is 2. The predicted octanol–water partition coefficient (Wildman–Crippen LogP) is 3.10. The van der Waals surface area contributed by atoms with Crippen molar-refractivity contribution in [3.8, 4) is 0 Å². The maximum atomic E-state index is 12.8. The molecule has 0 aromatic heterocycles. The average molecular weight is 365 g/mol. The highest BCUT2D eigenvalue weighted by molar-refractivity contribution is 5.95. The van der Waals surface area contributed by atoms with Crippen LogP contribution in [0, 0.1) is 6.92 Å². The highest BCUT2D eigenvalue weighted by Crippen LogP contribution is 2.13. The molecule has 0 aliphatic carbocycles. The molecule has 1 fully saturated rings. The van der Waals surface area contributed by atoms with E-state index in [9.17, 15) is 9.59 Å². The van der Waals surface area contributed by atoms with Crippen LogP contribution in [-0.2, 0) is 6.42 Å². The van der Waals surface area contributed by atoms with Crippen molar-refractivity contribution in [2.24, 2.45) is 0 Å². The number of amides is 3. The third-order valence-corrected chi connectivity index (χ3v) is 4.98. The van der Waals surface area contributed by atoms with Crippen LogP contribution in [0.1, 0.15) is 27.9 Å². The van der Waals surface area contributed by atoms with Crippen LogP contribution < -0.4 is 5.32 Å². The molecule has 27 heavy (non-hydrogen) atoms. The molecule has 1 saturated heterocycles. The zero-order valence-electron chi connectivity index (χ0n) is 15.9. The molecule has 0 unspecified atom stereocenters. The lowest BCUT2D eigenvalue weighted by molar-refractivity contribution is 0.0761. The van der Waals surface area contributed by atoms with Crippen molar-refractivity contribution in [3.05, 3.63) is 71.3 Å². The fraction of sp³-hybridized carbons (Fsp3) is 0.364. The van der Waals surface area contributed by atoms with E-state index in [1.807, 2.05) is 59.2 Å². The molecule has 1 aliphatic rings. The number of nitrogens with one attached hydrogen (secondary N) is 1. The van der Waals surface area contributed by atoms with E-state index >= 15 is 0 Å². The molecule has 1 aliphatic heterocycles. The van der Waals surface area contributed by atoms with E-state index in [0.717, 1.165) is 24.0 Å². The Morgan fingerprint density at radius 2 is 1.56 bits per heavy atom. The van der Waals surface area contributed by atoms with E-state index in [1.54, 1.807) is 0 Å². The fourth-order valence-corrected chi connectivity index (χ4v) is 3.38. The minimum absolute atomic E-state index is 0.0453. The van der Waals surface area contributed by atoms with E-state index in [-0.39, 0.29) is 11.9 Å². The minimum Gasteiger partial charge on any atom is -0.338 e. The van der Waals surface area contributed by atoms with E-state index in [4.69, 9.17) is 0 Å². The van der Waals surface area contributed by atoms with Gasteiger partial charge in [-0.05, 0) is 37.0 Å². The Morgan fingerprint density at radius 1 is 0.889 bits per heavy atom. The highest BCUT2D eigenvalue weighted by Gasteiger charge is 2.23. The summed E-state index contributed by atoms with van der Waals surface area (Å²) in [5.41, 5.74) is 2.95. The molecule has 0 atom stereocenters. The highest BCUT2D eigenvalue weighted by atomic mass is 16.2. The minimum atomic E-state index is -0.0453. The summed E-state index contributed by atoms with van der Waals surface area (Å²) >= 11 is 0. The van der Waals surface area contributed by atoms with Gasteiger partial charge in [0.25, 0.3) is 5.91 Å². The molecule has 3 amide bonds. The van der Waals surface area contributed by atoms with Gasteiger partial charge in [-0.25, -0.2) is 4.79 Å². The first kappa shape index (κ1) is 19.0. The van der Waals surface area contributed by atoms with Gasteiger partial charge in [0.2, 0.25) is 0 Å². The van der Waals surface area contributed by atoms with Gasteiger partial charge in [-0.1, -0.05) is 48.5 Å². The van der Waals surface area contributed by atoms with Crippen molar-refractivity contribution < 1.29 is 9.59 Å². The van der Waals surface area contributed by atoms with Crippen LogP contribution in [0.2, 0.25) is 0 Å². The van der Waals surface area contributed by atoms with Crippen LogP contribution in [-0.4, -0.2) is 54.5 Å². The number of carbonyl (C=O) groups excluding carboxylic acids is 2. The van der Waals surface area contributed by atoms with Crippen molar-refractivity contribution in [2.75, 3.05) is 32.7 Å². The standard InChI is InChI=1S/C22H27N3O2/c1-18-8-5-6-11-20(18)21(26)24-14-7-15-25(17-16-24)22(27)23-13-12-19-9-3-2-4-10-19/h2-6,8-11H,7,12-17H2,1H3,(H,23,27). The van der Waals surface area contributed by atoms with Gasteiger partial charge >= 0.3 is 6.03 Å². The topological polar surface area (TPSA) is 52.7 Å². The van der Waals surface area contributed by atoms with E-state index in [0.29, 0.717) is 32.7 Å². The molecular formula is C22H27N3O2. The molecule has 5 heteroatoms. The zero-order valence-corrected chi connectivity index (χ0v) is 15.9. The van der Waals surface area contributed by atoms with Crippen LogP contribution in [0.5, 0.6) is 0 Å². The summed E-state index contributed by atoms with van der Waals surface area (Å²) in [4.78, 5) is 28.9. The molecule has 0 bridgehead atoms. The molecule has 142 valence electrons. The molecular weight excluding hydrogens is 338 g/mol. The Balaban J connectivity index is 1.49. The number of carbonyl (C=O) groups is 2. The van der Waals surface area contributed by atoms with Gasteiger partial charge in [0.05, 0.1) is 0 Å². The van der Waals surface area contributed by atoms with E-state index < -0.39 is 0 Å². The van der Waals surface area contributed by atoms with Crippen molar-refractivity contribution in [1.29, 1.82) is 0 Å². The summed E-state index contributed by atoms with van der Waals surface area (Å²) < 4.78 is 0. The predicted molar refractivity (Wildman–Crippen MR) is 107 cm³/mol. The quantitative estimate of drug-likeness (QED) is 0.905. The maximum Gasteiger partial charge on any atom is 0.317 e. The zero-order chi connectivity index (χ0) is 19.1. The number of urea groups is 1. The third-order valence-electron chi connectivity index (χ3n) is 4.98. The summed E-state index contributed by atoms with van der Waals surface area (Å²) in [5, 5.41) is 3.00. The lowest BCUT2D eigenvalue weighted by atomic mass is 10.1. The largest absolute Gasteiger partial charge is 0.338 e. The normalized spacial score (nSPS) is 14.6. The number of aryl methyl sites for hydroxylation is 1. The summed E-state index contributed by atoms with van der Waals surface area (Å²) in [7, 11) is 0. The van der Waals surface area contributed by atoms with E-state index in [1.165, 1.54) is 5.56 Å². The average Bonchev–Trinajstić information content (AvgIpc) is 2.95. The van der Waals surface area contributed by atoms with Crippen LogP contribution >= 0.6 is 0 Å². The Bertz CT molecular complexity index is 776. The molecule has 1 N–H and O–H groups in total. The molecule has 2 aromatic rings. The summed E-state index contributed by atoms with van der Waals surface area (Å²) in [6.07, 6.45) is 1.61. The summed E-state index contributed by atoms with van der Waals surface area (Å²) in [6.45, 7) is 5.06. The second-order valence-electron chi connectivity index (χ2n) is 6.92. The maximum absolute atomic E-state index is 12.8. The van der Waals surface area contributed by atoms with Crippen molar-refractivity contribution in [2.45, 2.75) is 19.8 Å². The van der Waals surface area contributed by atoms with Crippen molar-refractivity contribution >= 4 is 11.9 Å². The van der Waals surface area contributed by atoms with Crippen LogP contribution in [0.25, 0.3) is 0 Å². The number of benzene rings is 2. The number of rotatable bonds is 4. The van der Waals surface area contributed by atoms with Gasteiger partial charge in [0.1, 0.15) is 0 Å². The SMILES string of the molecule is Cc1ccccc1C(=O)N1CCCN(C(=O)NCCc2ccccc2)CC1. The van der Waals surface area contributed by atoms with Gasteiger partial charge in [-0.2, -0.15) is 0 Å². The molecule has 0 radical (unpaired) electrons. The lowest BCUT2D eigenvalue weighted by Crippen LogP contribution is -2.43. The molecule has 2 aromatic carbocycles. The first-order chi connectivity index (χ1) is 13.1. The van der Waals surface area contributed by atoms with Gasteiger partial charge in [0.15, 0.2) is 0 Å². The Morgan fingerprint density at radius 3 is 2.33 bits per heavy atom.